The van der Waals surface area contributed by atoms with Gasteiger partial charge >= 0.3 is 0 Å². The summed E-state index contributed by atoms with van der Waals surface area (Å²) in [6, 6.07) is 83.4. The van der Waals surface area contributed by atoms with Crippen LogP contribution in [0.2, 0.25) is 0 Å². The Hall–Kier alpha value is -8.01. The van der Waals surface area contributed by atoms with Crippen LogP contribution in [-0.2, 0) is 0 Å². The fourth-order valence-corrected chi connectivity index (χ4v) is 7.92. The Labute approximate surface area is 351 Å². The molecule has 0 bridgehead atoms. The van der Waals surface area contributed by atoms with Crippen molar-refractivity contribution >= 4 is 0 Å². The van der Waals surface area contributed by atoms with Crippen molar-refractivity contribution in [2.45, 2.75) is 0 Å². The number of hydrogen-bond acceptors (Lipinski definition) is 3. The molecule has 0 aliphatic rings. The van der Waals surface area contributed by atoms with Crippen LogP contribution in [0, 0.1) is 0 Å². The average molecular weight is 766 g/mol. The minimum atomic E-state index is 0.620. The normalized spacial score (nSPS) is 11.0. The van der Waals surface area contributed by atoms with Gasteiger partial charge in [0.2, 0.25) is 0 Å². The standard InChI is InChI=1S/C57H39N3/c1-7-19-40(20-8-1)48-35-49(41-21-9-2-10-22-41)37-50(36-48)46-31-33-51(42-23-11-3-12-24-42)54(38-46)52-34-32-47(39-53(52)43-25-13-4-14-26-43)57-59-55(44-27-15-5-16-28-44)58-56(60-57)45-29-17-6-18-30-45/h1-39H. The Kier molecular flexibility index (Phi) is 9.97. The molecule has 0 saturated heterocycles. The Morgan fingerprint density at radius 3 is 0.933 bits per heavy atom. The summed E-state index contributed by atoms with van der Waals surface area (Å²) in [5, 5.41) is 0. The van der Waals surface area contributed by atoms with Crippen LogP contribution in [-0.4, -0.2) is 15.0 Å². The van der Waals surface area contributed by atoms with Gasteiger partial charge in [0.25, 0.3) is 0 Å². The van der Waals surface area contributed by atoms with E-state index in [2.05, 4.69) is 176 Å². The lowest BCUT2D eigenvalue weighted by Crippen LogP contribution is -2.00. The first-order valence-electron chi connectivity index (χ1n) is 20.3. The van der Waals surface area contributed by atoms with E-state index in [0.717, 1.165) is 61.2 Å². The van der Waals surface area contributed by atoms with Crippen LogP contribution in [0.25, 0.3) is 101 Å². The summed E-state index contributed by atoms with van der Waals surface area (Å²) in [4.78, 5) is 15.2. The third kappa shape index (κ3) is 7.56. The van der Waals surface area contributed by atoms with Gasteiger partial charge in [-0.25, -0.2) is 15.0 Å². The monoisotopic (exact) mass is 765 g/mol. The molecule has 0 atom stereocenters. The molecule has 1 aromatic heterocycles. The molecule has 3 nitrogen and oxygen atoms in total. The van der Waals surface area contributed by atoms with Crippen LogP contribution < -0.4 is 0 Å². The zero-order chi connectivity index (χ0) is 40.1. The number of nitrogens with zero attached hydrogens (tertiary/aromatic N) is 3. The predicted molar refractivity (Wildman–Crippen MR) is 249 cm³/mol. The molecule has 10 rings (SSSR count). The van der Waals surface area contributed by atoms with E-state index in [1.807, 2.05) is 60.7 Å². The quantitative estimate of drug-likeness (QED) is 0.147. The van der Waals surface area contributed by atoms with Gasteiger partial charge in [0.1, 0.15) is 0 Å². The lowest BCUT2D eigenvalue weighted by molar-refractivity contribution is 1.07. The third-order valence-corrected chi connectivity index (χ3v) is 10.9. The van der Waals surface area contributed by atoms with Crippen LogP contribution in [0.1, 0.15) is 0 Å². The highest BCUT2D eigenvalue weighted by Crippen LogP contribution is 2.43. The molecule has 9 aromatic carbocycles. The maximum Gasteiger partial charge on any atom is 0.164 e. The van der Waals surface area contributed by atoms with Crippen molar-refractivity contribution < 1.29 is 0 Å². The molecule has 0 fully saturated rings. The zero-order valence-corrected chi connectivity index (χ0v) is 32.9. The van der Waals surface area contributed by atoms with Gasteiger partial charge in [0.15, 0.2) is 17.5 Å². The van der Waals surface area contributed by atoms with Crippen molar-refractivity contribution in [1.29, 1.82) is 0 Å². The topological polar surface area (TPSA) is 38.7 Å². The lowest BCUT2D eigenvalue weighted by Gasteiger charge is -2.18. The van der Waals surface area contributed by atoms with Crippen LogP contribution in [0.15, 0.2) is 237 Å². The SMILES string of the molecule is c1ccc(-c2cc(-c3ccccc3)cc(-c3ccc(-c4ccccc4)c(-c4ccc(-c5nc(-c6ccccc6)nc(-c6ccccc6)n5)cc4-c4ccccc4)c3)c2)cc1. The van der Waals surface area contributed by atoms with E-state index in [-0.39, 0.29) is 0 Å². The van der Waals surface area contributed by atoms with Gasteiger partial charge in [-0.15, -0.1) is 0 Å². The van der Waals surface area contributed by atoms with E-state index >= 15 is 0 Å². The van der Waals surface area contributed by atoms with E-state index < -0.39 is 0 Å². The first kappa shape index (κ1) is 36.3. The lowest BCUT2D eigenvalue weighted by atomic mass is 9.85. The van der Waals surface area contributed by atoms with Crippen molar-refractivity contribution in [2.24, 2.45) is 0 Å². The van der Waals surface area contributed by atoms with Crippen molar-refractivity contribution in [3.8, 4) is 101 Å². The minimum Gasteiger partial charge on any atom is -0.208 e. The van der Waals surface area contributed by atoms with E-state index in [9.17, 15) is 0 Å². The third-order valence-electron chi connectivity index (χ3n) is 10.9. The highest BCUT2D eigenvalue weighted by atomic mass is 15.0. The smallest absolute Gasteiger partial charge is 0.164 e. The second-order valence-corrected chi connectivity index (χ2v) is 14.8. The minimum absolute atomic E-state index is 0.620. The van der Waals surface area contributed by atoms with Crippen LogP contribution in [0.4, 0.5) is 0 Å². The Morgan fingerprint density at radius 2 is 0.483 bits per heavy atom. The summed E-state index contributed by atoms with van der Waals surface area (Å²) in [6.07, 6.45) is 0. The van der Waals surface area contributed by atoms with Gasteiger partial charge in [0.05, 0.1) is 0 Å². The number of hydrogen-bond donors (Lipinski definition) is 0. The number of rotatable bonds is 9. The molecule has 0 unspecified atom stereocenters. The van der Waals surface area contributed by atoms with Crippen molar-refractivity contribution in [3.05, 3.63) is 237 Å². The summed E-state index contributed by atoms with van der Waals surface area (Å²) in [5.74, 6) is 1.89. The fourth-order valence-electron chi connectivity index (χ4n) is 7.92. The predicted octanol–water partition coefficient (Wildman–Crippen LogP) is 14.9. The van der Waals surface area contributed by atoms with Gasteiger partial charge in [-0.3, -0.25) is 0 Å². The largest absolute Gasteiger partial charge is 0.208 e. The summed E-state index contributed by atoms with van der Waals surface area (Å²) in [6.45, 7) is 0. The fraction of sp³-hybridized carbons (Fsp3) is 0. The maximum absolute atomic E-state index is 5.10. The molecule has 0 aliphatic carbocycles. The molecule has 0 spiro atoms. The Balaban J connectivity index is 1.18. The van der Waals surface area contributed by atoms with Crippen LogP contribution >= 0.6 is 0 Å². The molecule has 0 N–H and O–H groups in total. The van der Waals surface area contributed by atoms with E-state index in [1.165, 1.54) is 22.3 Å². The van der Waals surface area contributed by atoms with E-state index in [4.69, 9.17) is 15.0 Å². The molecular weight excluding hydrogens is 727 g/mol. The molecule has 10 aromatic rings. The van der Waals surface area contributed by atoms with Gasteiger partial charge in [0, 0.05) is 16.7 Å². The molecule has 0 saturated carbocycles. The molecule has 1 heterocycles. The highest BCUT2D eigenvalue weighted by molar-refractivity contribution is 5.95. The van der Waals surface area contributed by atoms with Crippen LogP contribution in [0.5, 0.6) is 0 Å². The average Bonchev–Trinajstić information content (AvgIpc) is 3.35. The van der Waals surface area contributed by atoms with Gasteiger partial charge in [-0.1, -0.05) is 206 Å². The van der Waals surface area contributed by atoms with Crippen LogP contribution in [0.3, 0.4) is 0 Å². The first-order valence-corrected chi connectivity index (χ1v) is 20.3. The van der Waals surface area contributed by atoms with Gasteiger partial charge < -0.3 is 0 Å². The van der Waals surface area contributed by atoms with E-state index in [0.29, 0.717) is 17.5 Å². The van der Waals surface area contributed by atoms with Gasteiger partial charge in [-0.2, -0.15) is 0 Å². The summed E-state index contributed by atoms with van der Waals surface area (Å²) >= 11 is 0. The molecule has 3 heteroatoms. The molecule has 282 valence electrons. The van der Waals surface area contributed by atoms with Crippen molar-refractivity contribution in [2.75, 3.05) is 0 Å². The number of benzene rings is 9. The molecule has 0 amide bonds. The van der Waals surface area contributed by atoms with Crippen molar-refractivity contribution in [1.82, 2.24) is 15.0 Å². The Morgan fingerprint density at radius 1 is 0.167 bits per heavy atom. The molecule has 0 aliphatic heterocycles. The highest BCUT2D eigenvalue weighted by Gasteiger charge is 2.19. The molecule has 0 radical (unpaired) electrons. The Bertz CT molecular complexity index is 2930. The maximum atomic E-state index is 5.10. The first-order chi connectivity index (χ1) is 29.7. The summed E-state index contributed by atoms with van der Waals surface area (Å²) in [5.41, 5.74) is 16.6. The second-order valence-electron chi connectivity index (χ2n) is 14.8. The zero-order valence-electron chi connectivity index (χ0n) is 32.9. The molecular formula is C57H39N3. The summed E-state index contributed by atoms with van der Waals surface area (Å²) < 4.78 is 0. The number of aromatic nitrogens is 3. The van der Waals surface area contributed by atoms with Gasteiger partial charge in [-0.05, 0) is 97.1 Å². The summed E-state index contributed by atoms with van der Waals surface area (Å²) in [7, 11) is 0. The molecule has 60 heavy (non-hydrogen) atoms. The van der Waals surface area contributed by atoms with E-state index in [1.54, 1.807) is 0 Å². The second kappa shape index (κ2) is 16.5. The van der Waals surface area contributed by atoms with Crippen molar-refractivity contribution in [3.63, 3.8) is 0 Å².